The number of amides is 2. The van der Waals surface area contributed by atoms with E-state index in [0.29, 0.717) is 17.1 Å². The van der Waals surface area contributed by atoms with Crippen LogP contribution in [0.15, 0.2) is 77.7 Å². The zero-order chi connectivity index (χ0) is 28.7. The number of benzene rings is 3. The molecule has 1 atom stereocenters. The van der Waals surface area contributed by atoms with E-state index in [2.05, 4.69) is 5.32 Å². The Morgan fingerprint density at radius 3 is 2.33 bits per heavy atom. The van der Waals surface area contributed by atoms with Gasteiger partial charge in [0.1, 0.15) is 12.6 Å². The quantitative estimate of drug-likeness (QED) is 0.255. The van der Waals surface area contributed by atoms with E-state index in [9.17, 15) is 28.1 Å². The smallest absolute Gasteiger partial charge is 0.271 e. The predicted molar refractivity (Wildman–Crippen MR) is 149 cm³/mol. The fourth-order valence-corrected chi connectivity index (χ4v) is 5.64. The normalized spacial score (nSPS) is 11.9. The molecule has 13 heteroatoms. The fraction of sp³-hybridized carbons (Fsp3) is 0.231. The van der Waals surface area contributed by atoms with Crippen LogP contribution in [0.25, 0.3) is 0 Å². The van der Waals surface area contributed by atoms with E-state index in [0.717, 1.165) is 10.4 Å². The second-order valence-corrected chi connectivity index (χ2v) is 11.1. The number of carbonyl (C=O) groups is 2. The number of nitro benzene ring substituents is 1. The molecule has 3 aromatic rings. The minimum atomic E-state index is -4.35. The minimum Gasteiger partial charge on any atom is -0.355 e. The second kappa shape index (κ2) is 12.9. The number of nitrogens with zero attached hydrogens (tertiary/aromatic N) is 3. The first-order valence-corrected chi connectivity index (χ1v) is 14.0. The Kier molecular flexibility index (Phi) is 9.90. The van der Waals surface area contributed by atoms with E-state index >= 15 is 0 Å². The van der Waals surface area contributed by atoms with Crippen molar-refractivity contribution < 1.29 is 22.9 Å². The lowest BCUT2D eigenvalue weighted by molar-refractivity contribution is -0.384. The number of rotatable bonds is 11. The molecule has 1 unspecified atom stereocenters. The third-order valence-corrected chi connectivity index (χ3v) is 8.19. The van der Waals surface area contributed by atoms with Gasteiger partial charge < -0.3 is 10.2 Å². The highest BCUT2D eigenvalue weighted by Crippen LogP contribution is 2.28. The van der Waals surface area contributed by atoms with Gasteiger partial charge in [0, 0.05) is 35.3 Å². The third kappa shape index (κ3) is 7.25. The van der Waals surface area contributed by atoms with Gasteiger partial charge in [-0.05, 0) is 49.7 Å². The lowest BCUT2D eigenvalue weighted by atomic mass is 10.1. The summed E-state index contributed by atoms with van der Waals surface area (Å²) >= 11 is 12.3. The van der Waals surface area contributed by atoms with Crippen molar-refractivity contribution in [1.29, 1.82) is 0 Å². The Morgan fingerprint density at radius 2 is 1.72 bits per heavy atom. The van der Waals surface area contributed by atoms with E-state index in [-0.39, 0.29) is 27.8 Å². The first-order valence-electron chi connectivity index (χ1n) is 11.8. The Labute approximate surface area is 236 Å². The van der Waals surface area contributed by atoms with Crippen molar-refractivity contribution >= 4 is 56.4 Å². The average molecular weight is 593 g/mol. The number of hydrogen-bond acceptors (Lipinski definition) is 6. The van der Waals surface area contributed by atoms with Crippen LogP contribution in [-0.4, -0.2) is 49.2 Å². The van der Waals surface area contributed by atoms with Crippen molar-refractivity contribution in [3.63, 3.8) is 0 Å². The van der Waals surface area contributed by atoms with Gasteiger partial charge in [0.05, 0.1) is 15.5 Å². The fourth-order valence-electron chi connectivity index (χ4n) is 3.75. The molecule has 3 rings (SSSR count). The van der Waals surface area contributed by atoms with Crippen LogP contribution in [0.4, 0.5) is 11.4 Å². The van der Waals surface area contributed by atoms with Crippen LogP contribution in [0.2, 0.25) is 10.0 Å². The lowest BCUT2D eigenvalue weighted by Gasteiger charge is -2.32. The summed E-state index contributed by atoms with van der Waals surface area (Å²) in [6.45, 7) is 2.68. The van der Waals surface area contributed by atoms with Crippen molar-refractivity contribution in [2.75, 3.05) is 17.4 Å². The summed E-state index contributed by atoms with van der Waals surface area (Å²) in [5.41, 5.74) is 0.0450. The van der Waals surface area contributed by atoms with Crippen LogP contribution >= 0.6 is 23.2 Å². The summed E-state index contributed by atoms with van der Waals surface area (Å²) in [6.07, 6.45) is 0. The largest absolute Gasteiger partial charge is 0.355 e. The van der Waals surface area contributed by atoms with Gasteiger partial charge in [-0.25, -0.2) is 8.42 Å². The number of hydrogen-bond donors (Lipinski definition) is 1. The lowest BCUT2D eigenvalue weighted by Crippen LogP contribution is -2.51. The first kappa shape index (κ1) is 29.9. The van der Waals surface area contributed by atoms with Gasteiger partial charge in [-0.3, -0.25) is 24.0 Å². The Morgan fingerprint density at radius 1 is 1.03 bits per heavy atom. The maximum atomic E-state index is 13.8. The van der Waals surface area contributed by atoms with Gasteiger partial charge in [0.15, 0.2) is 0 Å². The zero-order valence-electron chi connectivity index (χ0n) is 21.1. The molecule has 0 aliphatic rings. The van der Waals surface area contributed by atoms with Crippen molar-refractivity contribution in [1.82, 2.24) is 10.2 Å². The molecule has 0 saturated carbocycles. The molecule has 0 aliphatic heterocycles. The van der Waals surface area contributed by atoms with Gasteiger partial charge in [-0.15, -0.1) is 0 Å². The molecule has 2 amide bonds. The molecule has 206 valence electrons. The van der Waals surface area contributed by atoms with Gasteiger partial charge in [0.2, 0.25) is 11.8 Å². The van der Waals surface area contributed by atoms with Gasteiger partial charge in [-0.1, -0.05) is 53.5 Å². The molecule has 0 saturated heterocycles. The zero-order valence-corrected chi connectivity index (χ0v) is 23.4. The average Bonchev–Trinajstić information content (AvgIpc) is 2.91. The molecule has 1 N–H and O–H groups in total. The standard InChI is InChI=1S/C26H26Cl2N4O6S/c1-3-29-26(34)18(2)30(16-19-12-13-20(27)14-24(19)28)25(33)17-31(21-8-7-9-22(15-21)32(35)36)39(37,38)23-10-5-4-6-11-23/h4-15,18H,3,16-17H2,1-2H3,(H,29,34). The number of likely N-dealkylation sites (N-methyl/N-ethyl adjacent to an activating group) is 1. The van der Waals surface area contributed by atoms with Crippen molar-refractivity contribution in [3.8, 4) is 0 Å². The Hall–Kier alpha value is -3.67. The van der Waals surface area contributed by atoms with Crippen LogP contribution in [0.5, 0.6) is 0 Å². The van der Waals surface area contributed by atoms with Crippen LogP contribution < -0.4 is 9.62 Å². The molecule has 10 nitrogen and oxygen atoms in total. The molecule has 0 radical (unpaired) electrons. The second-order valence-electron chi connectivity index (χ2n) is 8.43. The third-order valence-electron chi connectivity index (χ3n) is 5.81. The van der Waals surface area contributed by atoms with Gasteiger partial charge in [-0.2, -0.15) is 0 Å². The summed E-state index contributed by atoms with van der Waals surface area (Å²) < 4.78 is 28.2. The van der Waals surface area contributed by atoms with Crippen LogP contribution in [0, 0.1) is 10.1 Å². The number of sulfonamides is 1. The summed E-state index contributed by atoms with van der Waals surface area (Å²) in [6, 6.07) is 16.0. The molecule has 39 heavy (non-hydrogen) atoms. The molecule has 0 heterocycles. The minimum absolute atomic E-state index is 0.0865. The molecule has 0 spiro atoms. The first-order chi connectivity index (χ1) is 18.4. The number of nitrogens with one attached hydrogen (secondary N) is 1. The summed E-state index contributed by atoms with van der Waals surface area (Å²) in [5, 5.41) is 14.7. The predicted octanol–water partition coefficient (Wildman–Crippen LogP) is 4.65. The number of carbonyl (C=O) groups excluding carboxylic acids is 2. The van der Waals surface area contributed by atoms with E-state index in [1.807, 2.05) is 0 Å². The number of nitro groups is 1. The van der Waals surface area contributed by atoms with Crippen molar-refractivity contribution in [3.05, 3.63) is 98.5 Å². The van der Waals surface area contributed by atoms with Crippen LogP contribution in [0.1, 0.15) is 19.4 Å². The monoisotopic (exact) mass is 592 g/mol. The maximum Gasteiger partial charge on any atom is 0.271 e. The van der Waals surface area contributed by atoms with Crippen LogP contribution in [-0.2, 0) is 26.2 Å². The molecular formula is C26H26Cl2N4O6S. The number of non-ortho nitro benzene ring substituents is 1. The van der Waals surface area contributed by atoms with Crippen LogP contribution in [0.3, 0.4) is 0 Å². The van der Waals surface area contributed by atoms with Crippen molar-refractivity contribution in [2.24, 2.45) is 0 Å². The van der Waals surface area contributed by atoms with E-state index in [1.54, 1.807) is 25.1 Å². The topological polar surface area (TPSA) is 130 Å². The highest BCUT2D eigenvalue weighted by molar-refractivity contribution is 7.92. The summed E-state index contributed by atoms with van der Waals surface area (Å²) in [5.74, 6) is -1.19. The summed E-state index contributed by atoms with van der Waals surface area (Å²) in [7, 11) is -4.35. The molecule has 0 aromatic heterocycles. The van der Waals surface area contributed by atoms with Gasteiger partial charge in [0.25, 0.3) is 15.7 Å². The van der Waals surface area contributed by atoms with Crippen molar-refractivity contribution in [2.45, 2.75) is 31.3 Å². The molecule has 0 aliphatic carbocycles. The number of anilines is 1. The highest BCUT2D eigenvalue weighted by atomic mass is 35.5. The Bertz CT molecular complexity index is 1470. The highest BCUT2D eigenvalue weighted by Gasteiger charge is 2.33. The molecular weight excluding hydrogens is 567 g/mol. The molecule has 0 bridgehead atoms. The SMILES string of the molecule is CCNC(=O)C(C)N(Cc1ccc(Cl)cc1Cl)C(=O)CN(c1cccc([N+](=O)[O-])c1)S(=O)(=O)c1ccccc1. The van der Waals surface area contributed by atoms with E-state index in [1.165, 1.54) is 60.4 Å². The van der Waals surface area contributed by atoms with E-state index in [4.69, 9.17) is 23.2 Å². The molecule has 3 aromatic carbocycles. The Balaban J connectivity index is 2.08. The van der Waals surface area contributed by atoms with E-state index < -0.39 is 39.3 Å². The number of halogens is 2. The molecule has 0 fully saturated rings. The van der Waals surface area contributed by atoms with Gasteiger partial charge >= 0.3 is 0 Å². The maximum absolute atomic E-state index is 13.8. The summed E-state index contributed by atoms with van der Waals surface area (Å²) in [4.78, 5) is 38.4.